The summed E-state index contributed by atoms with van der Waals surface area (Å²) in [6.07, 6.45) is 0. The van der Waals surface area contributed by atoms with Gasteiger partial charge in [-0.15, -0.1) is 0 Å². The van der Waals surface area contributed by atoms with Crippen molar-refractivity contribution in [1.29, 1.82) is 0 Å². The number of carbonyl (C=O) groups excluding carboxylic acids is 1. The zero-order valence-corrected chi connectivity index (χ0v) is 17.3. The predicted octanol–water partition coefficient (Wildman–Crippen LogP) is 3.85. The number of fused-ring (bicyclic) bond motifs is 3. The molecule has 8 heteroatoms. The number of carbonyl (C=O) groups is 1. The van der Waals surface area contributed by atoms with Crippen molar-refractivity contribution in [2.75, 3.05) is 18.1 Å². The summed E-state index contributed by atoms with van der Waals surface area (Å²) in [5, 5.41) is 0.642. The molecule has 1 amide bonds. The third-order valence-electron chi connectivity index (χ3n) is 5.50. The molecule has 8 nitrogen and oxygen atoms in total. The number of anilines is 2. The van der Waals surface area contributed by atoms with Gasteiger partial charge < -0.3 is 26.7 Å². The molecule has 5 rings (SSSR count). The SMILES string of the molecule is CC1COc2c1c(Oc1cccc(-c3cccc(C(N)=O)c3)c1)cc1nc(N)nc(N)c21. The van der Waals surface area contributed by atoms with E-state index in [4.69, 9.17) is 26.7 Å². The Morgan fingerprint density at radius 2 is 1.81 bits per heavy atom. The molecule has 0 spiro atoms. The van der Waals surface area contributed by atoms with Crippen LogP contribution < -0.4 is 26.7 Å². The van der Waals surface area contributed by atoms with Crippen LogP contribution in [0.15, 0.2) is 54.6 Å². The number of amides is 1. The highest BCUT2D eigenvalue weighted by atomic mass is 16.5. The molecule has 160 valence electrons. The van der Waals surface area contributed by atoms with E-state index in [2.05, 4.69) is 16.9 Å². The molecule has 1 atom stereocenters. The predicted molar refractivity (Wildman–Crippen MR) is 123 cm³/mol. The lowest BCUT2D eigenvalue weighted by molar-refractivity contribution is 0.100. The first-order valence-corrected chi connectivity index (χ1v) is 10.1. The Kier molecular flexibility index (Phi) is 4.55. The van der Waals surface area contributed by atoms with Crippen molar-refractivity contribution in [3.05, 3.63) is 65.7 Å². The third-order valence-corrected chi connectivity index (χ3v) is 5.50. The molecule has 0 saturated carbocycles. The first-order chi connectivity index (χ1) is 15.4. The molecule has 0 aliphatic carbocycles. The van der Waals surface area contributed by atoms with Gasteiger partial charge >= 0.3 is 0 Å². The van der Waals surface area contributed by atoms with Crippen molar-refractivity contribution in [2.24, 2.45) is 5.73 Å². The quantitative estimate of drug-likeness (QED) is 0.449. The van der Waals surface area contributed by atoms with Gasteiger partial charge in [0, 0.05) is 23.1 Å². The molecule has 2 heterocycles. The van der Waals surface area contributed by atoms with Gasteiger partial charge in [-0.25, -0.2) is 4.98 Å². The number of nitrogens with two attached hydrogens (primary N) is 3. The number of aromatic nitrogens is 2. The maximum atomic E-state index is 11.5. The summed E-state index contributed by atoms with van der Waals surface area (Å²) in [4.78, 5) is 19.9. The molecule has 6 N–H and O–H groups in total. The topological polar surface area (TPSA) is 139 Å². The standard InChI is InChI=1S/C24H21N5O3/c1-12-11-31-21-19(12)18(10-17-20(21)22(25)29-24(27)28-17)32-16-7-3-5-14(9-16)13-4-2-6-15(8-13)23(26)30/h2-10,12H,11H2,1H3,(H2,26,30)(H4,25,27,28,29). The summed E-state index contributed by atoms with van der Waals surface area (Å²) in [5.41, 5.74) is 21.0. The lowest BCUT2D eigenvalue weighted by atomic mass is 9.99. The van der Waals surface area contributed by atoms with Crippen molar-refractivity contribution >= 4 is 28.6 Å². The monoisotopic (exact) mass is 427 g/mol. The van der Waals surface area contributed by atoms with E-state index in [1.165, 1.54) is 0 Å². The molecule has 3 aromatic carbocycles. The van der Waals surface area contributed by atoms with Crippen molar-refractivity contribution in [1.82, 2.24) is 9.97 Å². The molecular formula is C24H21N5O3. The molecule has 1 unspecified atom stereocenters. The van der Waals surface area contributed by atoms with Gasteiger partial charge in [0.1, 0.15) is 23.1 Å². The van der Waals surface area contributed by atoms with Gasteiger partial charge in [0.25, 0.3) is 0 Å². The minimum absolute atomic E-state index is 0.0864. The molecule has 32 heavy (non-hydrogen) atoms. The minimum Gasteiger partial charge on any atom is -0.492 e. The molecule has 1 aromatic heterocycles. The van der Waals surface area contributed by atoms with Crippen LogP contribution in [0.2, 0.25) is 0 Å². The third kappa shape index (κ3) is 3.31. The fourth-order valence-corrected chi connectivity index (χ4v) is 4.01. The van der Waals surface area contributed by atoms with Gasteiger partial charge in [-0.3, -0.25) is 4.79 Å². The fraction of sp³-hybridized carbons (Fsp3) is 0.125. The average Bonchev–Trinajstić information content (AvgIpc) is 3.15. The van der Waals surface area contributed by atoms with E-state index in [1.807, 2.05) is 36.4 Å². The number of rotatable bonds is 4. The summed E-state index contributed by atoms with van der Waals surface area (Å²) in [5.74, 6) is 1.88. The normalized spacial score (nSPS) is 14.7. The Bertz CT molecular complexity index is 1390. The number of benzene rings is 3. The highest BCUT2D eigenvalue weighted by molar-refractivity contribution is 5.97. The number of nitrogens with zero attached hydrogens (tertiary/aromatic N) is 2. The van der Waals surface area contributed by atoms with Crippen LogP contribution in [0.3, 0.4) is 0 Å². The van der Waals surface area contributed by atoms with Gasteiger partial charge in [0.15, 0.2) is 0 Å². The number of ether oxygens (including phenoxy) is 2. The van der Waals surface area contributed by atoms with Crippen LogP contribution in [0.25, 0.3) is 22.0 Å². The molecule has 4 aromatic rings. The van der Waals surface area contributed by atoms with Crippen molar-refractivity contribution in [3.63, 3.8) is 0 Å². The largest absolute Gasteiger partial charge is 0.492 e. The molecule has 1 aliphatic rings. The molecular weight excluding hydrogens is 406 g/mol. The van der Waals surface area contributed by atoms with Crippen LogP contribution in [0.4, 0.5) is 11.8 Å². The van der Waals surface area contributed by atoms with Crippen molar-refractivity contribution in [2.45, 2.75) is 12.8 Å². The second-order valence-electron chi connectivity index (χ2n) is 7.77. The van der Waals surface area contributed by atoms with E-state index in [0.717, 1.165) is 16.7 Å². The van der Waals surface area contributed by atoms with Crippen LogP contribution in [0.5, 0.6) is 17.2 Å². The van der Waals surface area contributed by atoms with Crippen LogP contribution in [0, 0.1) is 0 Å². The maximum absolute atomic E-state index is 11.5. The second-order valence-corrected chi connectivity index (χ2v) is 7.77. The summed E-state index contributed by atoms with van der Waals surface area (Å²) in [7, 11) is 0. The first kappa shape index (κ1) is 19.6. The summed E-state index contributed by atoms with van der Waals surface area (Å²) in [6.45, 7) is 2.57. The van der Waals surface area contributed by atoms with E-state index in [1.54, 1.807) is 18.2 Å². The lowest BCUT2D eigenvalue weighted by Gasteiger charge is -2.15. The summed E-state index contributed by atoms with van der Waals surface area (Å²) < 4.78 is 12.2. The molecule has 0 fully saturated rings. The van der Waals surface area contributed by atoms with Crippen LogP contribution in [0.1, 0.15) is 28.8 Å². The fourth-order valence-electron chi connectivity index (χ4n) is 4.01. The van der Waals surface area contributed by atoms with E-state index in [0.29, 0.717) is 40.3 Å². The van der Waals surface area contributed by atoms with Crippen LogP contribution >= 0.6 is 0 Å². The van der Waals surface area contributed by atoms with E-state index >= 15 is 0 Å². The van der Waals surface area contributed by atoms with E-state index in [9.17, 15) is 4.79 Å². The van der Waals surface area contributed by atoms with Gasteiger partial charge in [0.05, 0.1) is 17.5 Å². The number of nitrogen functional groups attached to an aromatic ring is 2. The number of hydrogen-bond donors (Lipinski definition) is 3. The lowest BCUT2D eigenvalue weighted by Crippen LogP contribution is -2.10. The molecule has 1 aliphatic heterocycles. The Labute approximate surface area is 184 Å². The van der Waals surface area contributed by atoms with E-state index in [-0.39, 0.29) is 17.7 Å². The minimum atomic E-state index is -0.472. The Morgan fingerprint density at radius 3 is 2.59 bits per heavy atom. The molecule has 0 bridgehead atoms. The first-order valence-electron chi connectivity index (χ1n) is 10.1. The summed E-state index contributed by atoms with van der Waals surface area (Å²) in [6, 6.07) is 16.6. The number of hydrogen-bond acceptors (Lipinski definition) is 7. The summed E-state index contributed by atoms with van der Waals surface area (Å²) >= 11 is 0. The van der Waals surface area contributed by atoms with Crippen LogP contribution in [-0.4, -0.2) is 22.5 Å². The van der Waals surface area contributed by atoms with Gasteiger partial charge in [-0.2, -0.15) is 4.98 Å². The molecule has 0 radical (unpaired) electrons. The van der Waals surface area contributed by atoms with Crippen molar-refractivity contribution < 1.29 is 14.3 Å². The maximum Gasteiger partial charge on any atom is 0.248 e. The zero-order chi connectivity index (χ0) is 22.4. The Balaban J connectivity index is 1.59. The average molecular weight is 427 g/mol. The molecule has 0 saturated heterocycles. The highest BCUT2D eigenvalue weighted by Crippen LogP contribution is 2.48. The van der Waals surface area contributed by atoms with Crippen LogP contribution in [-0.2, 0) is 0 Å². The zero-order valence-electron chi connectivity index (χ0n) is 17.3. The van der Waals surface area contributed by atoms with Gasteiger partial charge in [-0.05, 0) is 35.4 Å². The smallest absolute Gasteiger partial charge is 0.248 e. The Hall–Kier alpha value is -4.33. The van der Waals surface area contributed by atoms with Crippen molar-refractivity contribution in [3.8, 4) is 28.4 Å². The van der Waals surface area contributed by atoms with Gasteiger partial charge in [-0.1, -0.05) is 31.2 Å². The Morgan fingerprint density at radius 1 is 1.06 bits per heavy atom. The van der Waals surface area contributed by atoms with E-state index < -0.39 is 5.91 Å². The highest BCUT2D eigenvalue weighted by Gasteiger charge is 2.29. The van der Waals surface area contributed by atoms with Gasteiger partial charge in [0.2, 0.25) is 11.9 Å². The second kappa shape index (κ2) is 7.42. The number of primary amides is 1.